The van der Waals surface area contributed by atoms with Gasteiger partial charge in [-0.2, -0.15) is 0 Å². The Morgan fingerprint density at radius 3 is 2.74 bits per heavy atom. The third kappa shape index (κ3) is 3.81. The van der Waals surface area contributed by atoms with E-state index in [0.717, 1.165) is 12.0 Å². The molecule has 142 valence electrons. The summed E-state index contributed by atoms with van der Waals surface area (Å²) in [5, 5.41) is 0. The van der Waals surface area contributed by atoms with Gasteiger partial charge in [0.05, 0.1) is 18.3 Å². The lowest BCUT2D eigenvalue weighted by molar-refractivity contribution is -0.134. The molecule has 1 fully saturated rings. The number of nitrogens with one attached hydrogen (secondary N) is 1. The van der Waals surface area contributed by atoms with Crippen molar-refractivity contribution in [3.8, 4) is 11.4 Å². The van der Waals surface area contributed by atoms with E-state index in [1.54, 1.807) is 4.90 Å². The van der Waals surface area contributed by atoms with Crippen LogP contribution in [0.4, 0.5) is 0 Å². The number of carbonyl (C=O) groups is 1. The highest BCUT2D eigenvalue weighted by molar-refractivity contribution is 5.81. The van der Waals surface area contributed by atoms with E-state index in [1.807, 2.05) is 30.3 Å². The maximum absolute atomic E-state index is 12.8. The van der Waals surface area contributed by atoms with Gasteiger partial charge in [0.2, 0.25) is 5.91 Å². The summed E-state index contributed by atoms with van der Waals surface area (Å²) in [6.45, 7) is 0.885. The fourth-order valence-electron chi connectivity index (χ4n) is 4.30. The number of aromatic nitrogens is 2. The van der Waals surface area contributed by atoms with Crippen LogP contribution in [0.2, 0.25) is 0 Å². The number of hydrogen-bond acceptors (Lipinski definition) is 4. The summed E-state index contributed by atoms with van der Waals surface area (Å²) in [6.07, 6.45) is 6.15. The molecule has 2 aromatic rings. The van der Waals surface area contributed by atoms with Crippen LogP contribution < -0.4 is 11.3 Å². The molecule has 6 heteroatoms. The van der Waals surface area contributed by atoms with Crippen molar-refractivity contribution < 1.29 is 4.79 Å². The standard InChI is InChI=1S/C21H26N4O2/c22-17(12-14-6-4-5-7-14)21(27)25-11-10-16-18(13-25)23-19(24-20(16)26)15-8-2-1-3-9-15/h1-3,8-9,14,17H,4-7,10-13,22H2,(H,23,24,26). The second-order valence-electron chi connectivity index (χ2n) is 7.71. The Morgan fingerprint density at radius 1 is 1.26 bits per heavy atom. The molecule has 1 aliphatic heterocycles. The molecule has 1 atom stereocenters. The van der Waals surface area contributed by atoms with E-state index >= 15 is 0 Å². The molecular formula is C21H26N4O2. The predicted octanol–water partition coefficient (Wildman–Crippen LogP) is 2.23. The van der Waals surface area contributed by atoms with Crippen LogP contribution in [0.15, 0.2) is 35.1 Å². The smallest absolute Gasteiger partial charge is 0.254 e. The number of aromatic amines is 1. The van der Waals surface area contributed by atoms with Crippen LogP contribution in [0.1, 0.15) is 43.4 Å². The minimum absolute atomic E-state index is 0.0177. The Labute approximate surface area is 158 Å². The molecule has 0 radical (unpaired) electrons. The maximum atomic E-state index is 12.8. The van der Waals surface area contributed by atoms with Gasteiger partial charge in [0, 0.05) is 17.7 Å². The molecule has 0 bridgehead atoms. The first-order chi connectivity index (χ1) is 13.1. The van der Waals surface area contributed by atoms with E-state index in [9.17, 15) is 9.59 Å². The third-order valence-electron chi connectivity index (χ3n) is 5.81. The number of amides is 1. The molecule has 1 aromatic heterocycles. The highest BCUT2D eigenvalue weighted by Crippen LogP contribution is 2.29. The first-order valence-electron chi connectivity index (χ1n) is 9.83. The van der Waals surface area contributed by atoms with Crippen LogP contribution >= 0.6 is 0 Å². The maximum Gasteiger partial charge on any atom is 0.254 e. The van der Waals surface area contributed by atoms with E-state index < -0.39 is 6.04 Å². The molecule has 4 rings (SSSR count). The van der Waals surface area contributed by atoms with E-state index in [-0.39, 0.29) is 11.5 Å². The summed E-state index contributed by atoms with van der Waals surface area (Å²) in [6, 6.07) is 9.11. The van der Waals surface area contributed by atoms with Crippen LogP contribution in [-0.4, -0.2) is 33.4 Å². The molecular weight excluding hydrogens is 340 g/mol. The molecule has 0 saturated heterocycles. The summed E-state index contributed by atoms with van der Waals surface area (Å²) in [7, 11) is 0. The van der Waals surface area contributed by atoms with Crippen LogP contribution in [0, 0.1) is 5.92 Å². The summed E-state index contributed by atoms with van der Waals surface area (Å²) in [5.74, 6) is 1.10. The van der Waals surface area contributed by atoms with Crippen molar-refractivity contribution in [2.45, 2.75) is 51.1 Å². The van der Waals surface area contributed by atoms with Gasteiger partial charge in [0.15, 0.2) is 0 Å². The lowest BCUT2D eigenvalue weighted by Gasteiger charge is -2.30. The van der Waals surface area contributed by atoms with Crippen molar-refractivity contribution in [2.24, 2.45) is 11.7 Å². The summed E-state index contributed by atoms with van der Waals surface area (Å²) in [5.41, 5.74) is 8.34. The van der Waals surface area contributed by atoms with Crippen LogP contribution in [0.5, 0.6) is 0 Å². The minimum Gasteiger partial charge on any atom is -0.335 e. The zero-order valence-corrected chi connectivity index (χ0v) is 15.5. The highest BCUT2D eigenvalue weighted by atomic mass is 16.2. The number of hydrogen-bond donors (Lipinski definition) is 2. The summed E-state index contributed by atoms with van der Waals surface area (Å²) >= 11 is 0. The molecule has 1 aliphatic carbocycles. The minimum atomic E-state index is -0.453. The Bertz CT molecular complexity index is 871. The molecule has 0 spiro atoms. The average molecular weight is 366 g/mol. The number of fused-ring (bicyclic) bond motifs is 1. The van der Waals surface area contributed by atoms with Gasteiger partial charge in [-0.25, -0.2) is 4.98 Å². The van der Waals surface area contributed by atoms with E-state index in [2.05, 4.69) is 9.97 Å². The van der Waals surface area contributed by atoms with Crippen molar-refractivity contribution in [3.05, 3.63) is 51.9 Å². The lowest BCUT2D eigenvalue weighted by Crippen LogP contribution is -2.47. The molecule has 2 heterocycles. The first kappa shape index (κ1) is 17.9. The Hall–Kier alpha value is -2.47. The second kappa shape index (κ2) is 7.64. The van der Waals surface area contributed by atoms with E-state index in [1.165, 1.54) is 25.7 Å². The molecule has 3 N–H and O–H groups in total. The van der Waals surface area contributed by atoms with Crippen molar-refractivity contribution in [1.29, 1.82) is 0 Å². The Balaban J connectivity index is 1.52. The normalized spacial score (nSPS) is 18.3. The highest BCUT2D eigenvalue weighted by Gasteiger charge is 2.29. The van der Waals surface area contributed by atoms with Crippen molar-refractivity contribution >= 4 is 5.91 Å². The topological polar surface area (TPSA) is 92.1 Å². The fourth-order valence-corrected chi connectivity index (χ4v) is 4.30. The SMILES string of the molecule is NC(CC1CCCC1)C(=O)N1CCc2c(nc(-c3ccccc3)[nH]c2=O)C1. The van der Waals surface area contributed by atoms with Gasteiger partial charge in [-0.1, -0.05) is 56.0 Å². The molecule has 27 heavy (non-hydrogen) atoms. The second-order valence-corrected chi connectivity index (χ2v) is 7.71. The van der Waals surface area contributed by atoms with Crippen molar-refractivity contribution in [1.82, 2.24) is 14.9 Å². The fraction of sp³-hybridized carbons (Fsp3) is 0.476. The lowest BCUT2D eigenvalue weighted by atomic mass is 9.97. The molecule has 1 aromatic carbocycles. The number of nitrogens with zero attached hydrogens (tertiary/aromatic N) is 2. The third-order valence-corrected chi connectivity index (χ3v) is 5.81. The number of nitrogens with two attached hydrogens (primary N) is 1. The van der Waals surface area contributed by atoms with Gasteiger partial charge < -0.3 is 15.6 Å². The van der Waals surface area contributed by atoms with Gasteiger partial charge in [-0.05, 0) is 18.8 Å². The van der Waals surface area contributed by atoms with E-state index in [4.69, 9.17) is 5.73 Å². The Morgan fingerprint density at radius 2 is 2.00 bits per heavy atom. The summed E-state index contributed by atoms with van der Waals surface area (Å²) < 4.78 is 0. The van der Waals surface area contributed by atoms with Crippen LogP contribution in [0.25, 0.3) is 11.4 Å². The molecule has 1 amide bonds. The Kier molecular flexibility index (Phi) is 5.07. The molecule has 6 nitrogen and oxygen atoms in total. The summed E-state index contributed by atoms with van der Waals surface area (Å²) in [4.78, 5) is 34.6. The molecule has 1 unspecified atom stereocenters. The van der Waals surface area contributed by atoms with Gasteiger partial charge in [-0.15, -0.1) is 0 Å². The van der Waals surface area contributed by atoms with Gasteiger partial charge in [0.25, 0.3) is 5.56 Å². The van der Waals surface area contributed by atoms with Crippen molar-refractivity contribution in [3.63, 3.8) is 0 Å². The zero-order valence-electron chi connectivity index (χ0n) is 15.5. The van der Waals surface area contributed by atoms with Gasteiger partial charge in [0.1, 0.15) is 5.82 Å². The number of rotatable bonds is 4. The van der Waals surface area contributed by atoms with Crippen LogP contribution in [-0.2, 0) is 17.8 Å². The number of carbonyl (C=O) groups excluding carboxylic acids is 1. The van der Waals surface area contributed by atoms with Gasteiger partial charge in [-0.3, -0.25) is 9.59 Å². The predicted molar refractivity (Wildman–Crippen MR) is 104 cm³/mol. The zero-order chi connectivity index (χ0) is 18.8. The van der Waals surface area contributed by atoms with E-state index in [0.29, 0.717) is 42.5 Å². The monoisotopic (exact) mass is 366 g/mol. The first-order valence-corrected chi connectivity index (χ1v) is 9.83. The quantitative estimate of drug-likeness (QED) is 0.868. The average Bonchev–Trinajstić information content (AvgIpc) is 3.20. The number of H-pyrrole nitrogens is 1. The number of benzene rings is 1. The molecule has 2 aliphatic rings. The van der Waals surface area contributed by atoms with Crippen molar-refractivity contribution in [2.75, 3.05) is 6.54 Å². The largest absolute Gasteiger partial charge is 0.335 e. The van der Waals surface area contributed by atoms with Crippen LogP contribution in [0.3, 0.4) is 0 Å². The molecule has 1 saturated carbocycles. The van der Waals surface area contributed by atoms with Gasteiger partial charge >= 0.3 is 0 Å².